The lowest BCUT2D eigenvalue weighted by molar-refractivity contribution is -0.142. The minimum absolute atomic E-state index is 0.0310. The minimum atomic E-state index is -0.965. The standard InChI is InChI=1S/C34H41N3O5/c1-34(2,3)18-24(32(39)40)19-35-31(38)30(21-37(4)20-23-12-6-5-7-13-23)36-33(41)42-22-29-27-16-10-8-14-25(27)26-15-9-11-17-28(26)29/h5-17,24,29-30H,18-22H2,1-4H3,(H,35,38)(H,36,41)(H,39,40). The van der Waals surface area contributed by atoms with Crippen LogP contribution in [0.15, 0.2) is 78.9 Å². The van der Waals surface area contributed by atoms with E-state index in [0.717, 1.165) is 27.8 Å². The monoisotopic (exact) mass is 571 g/mol. The summed E-state index contributed by atoms with van der Waals surface area (Å²) in [4.78, 5) is 40.2. The Morgan fingerprint density at radius 3 is 2.05 bits per heavy atom. The zero-order valence-electron chi connectivity index (χ0n) is 24.8. The molecule has 8 heteroatoms. The van der Waals surface area contributed by atoms with Crippen LogP contribution in [0.5, 0.6) is 0 Å². The second-order valence-electron chi connectivity index (χ2n) is 12.2. The van der Waals surface area contributed by atoms with Crippen molar-refractivity contribution in [1.29, 1.82) is 0 Å². The topological polar surface area (TPSA) is 108 Å². The molecule has 3 N–H and O–H groups in total. The molecule has 3 aromatic carbocycles. The normalized spacial score (nSPS) is 14.0. The number of benzene rings is 3. The number of carbonyl (C=O) groups excluding carboxylic acids is 2. The van der Waals surface area contributed by atoms with Gasteiger partial charge in [-0.05, 0) is 46.7 Å². The molecule has 222 valence electrons. The highest BCUT2D eigenvalue weighted by Crippen LogP contribution is 2.44. The largest absolute Gasteiger partial charge is 0.481 e. The number of nitrogens with one attached hydrogen (secondary N) is 2. The van der Waals surface area contributed by atoms with Crippen molar-refractivity contribution in [1.82, 2.24) is 15.5 Å². The molecule has 1 aliphatic carbocycles. The maximum atomic E-state index is 13.3. The maximum Gasteiger partial charge on any atom is 0.407 e. The fourth-order valence-electron chi connectivity index (χ4n) is 5.58. The van der Waals surface area contributed by atoms with Crippen LogP contribution in [-0.4, -0.2) is 60.8 Å². The fraction of sp³-hybridized carbons (Fsp3) is 0.382. The lowest BCUT2D eigenvalue weighted by atomic mass is 9.84. The van der Waals surface area contributed by atoms with E-state index in [1.807, 2.05) is 99.4 Å². The summed E-state index contributed by atoms with van der Waals surface area (Å²) >= 11 is 0. The van der Waals surface area contributed by atoms with Crippen molar-refractivity contribution in [3.05, 3.63) is 95.6 Å². The Labute approximate surface area is 248 Å². The molecule has 2 unspecified atom stereocenters. The quantitative estimate of drug-likeness (QED) is 0.273. The van der Waals surface area contributed by atoms with Crippen LogP contribution in [0, 0.1) is 11.3 Å². The van der Waals surface area contributed by atoms with Gasteiger partial charge in [0.05, 0.1) is 5.92 Å². The van der Waals surface area contributed by atoms with Crippen molar-refractivity contribution in [2.45, 2.75) is 45.7 Å². The maximum absolute atomic E-state index is 13.3. The molecular weight excluding hydrogens is 530 g/mol. The van der Waals surface area contributed by atoms with E-state index in [2.05, 4.69) is 22.8 Å². The van der Waals surface area contributed by atoms with Gasteiger partial charge < -0.3 is 20.5 Å². The van der Waals surface area contributed by atoms with Crippen molar-refractivity contribution < 1.29 is 24.2 Å². The predicted octanol–water partition coefficient (Wildman–Crippen LogP) is 5.28. The van der Waals surface area contributed by atoms with Crippen LogP contribution in [-0.2, 0) is 20.9 Å². The zero-order chi connectivity index (χ0) is 30.3. The van der Waals surface area contributed by atoms with Crippen LogP contribution in [0.25, 0.3) is 11.1 Å². The van der Waals surface area contributed by atoms with E-state index in [4.69, 9.17) is 4.74 Å². The van der Waals surface area contributed by atoms with Gasteiger partial charge in [-0.25, -0.2) is 4.79 Å². The van der Waals surface area contributed by atoms with Crippen molar-refractivity contribution in [2.75, 3.05) is 26.7 Å². The fourth-order valence-corrected chi connectivity index (χ4v) is 5.58. The first-order valence-electron chi connectivity index (χ1n) is 14.4. The molecule has 0 spiro atoms. The average Bonchev–Trinajstić information content (AvgIpc) is 3.27. The van der Waals surface area contributed by atoms with Gasteiger partial charge in [0.2, 0.25) is 5.91 Å². The number of ether oxygens (including phenoxy) is 1. The van der Waals surface area contributed by atoms with Crippen LogP contribution in [0.3, 0.4) is 0 Å². The summed E-state index contributed by atoms with van der Waals surface area (Å²) in [6, 6.07) is 25.1. The van der Waals surface area contributed by atoms with Crippen LogP contribution >= 0.6 is 0 Å². The predicted molar refractivity (Wildman–Crippen MR) is 163 cm³/mol. The van der Waals surface area contributed by atoms with Gasteiger partial charge in [0.1, 0.15) is 12.6 Å². The number of hydrogen-bond acceptors (Lipinski definition) is 5. The first-order valence-corrected chi connectivity index (χ1v) is 14.4. The molecule has 8 nitrogen and oxygen atoms in total. The highest BCUT2D eigenvalue weighted by molar-refractivity contribution is 5.86. The minimum Gasteiger partial charge on any atom is -0.481 e. The first kappa shape index (κ1) is 30.8. The summed E-state index contributed by atoms with van der Waals surface area (Å²) in [6.45, 7) is 6.76. The Balaban J connectivity index is 1.43. The highest BCUT2D eigenvalue weighted by atomic mass is 16.5. The van der Waals surface area contributed by atoms with E-state index >= 15 is 0 Å². The van der Waals surface area contributed by atoms with E-state index in [1.165, 1.54) is 0 Å². The molecule has 1 aliphatic rings. The van der Waals surface area contributed by atoms with Gasteiger partial charge in [0, 0.05) is 25.6 Å². The number of hydrogen-bond donors (Lipinski definition) is 3. The van der Waals surface area contributed by atoms with Gasteiger partial charge in [-0.3, -0.25) is 14.5 Å². The third-order valence-electron chi connectivity index (χ3n) is 7.47. The Bertz CT molecular complexity index is 1340. The van der Waals surface area contributed by atoms with E-state index in [-0.39, 0.29) is 31.0 Å². The van der Waals surface area contributed by atoms with Crippen molar-refractivity contribution in [3.63, 3.8) is 0 Å². The number of fused-ring (bicyclic) bond motifs is 3. The summed E-state index contributed by atoms with van der Waals surface area (Å²) in [5.74, 6) is -2.27. The number of likely N-dealkylation sites (N-methyl/N-ethyl adjacent to an activating group) is 1. The first-order chi connectivity index (χ1) is 20.0. The van der Waals surface area contributed by atoms with Crippen LogP contribution in [0.4, 0.5) is 4.79 Å². The second kappa shape index (κ2) is 13.7. The number of alkyl carbamates (subject to hydrolysis) is 1. The second-order valence-corrected chi connectivity index (χ2v) is 12.2. The molecule has 0 heterocycles. The lowest BCUT2D eigenvalue weighted by Gasteiger charge is -2.26. The summed E-state index contributed by atoms with van der Waals surface area (Å²) in [5.41, 5.74) is 5.30. The number of carboxylic acid groups (broad SMARTS) is 1. The van der Waals surface area contributed by atoms with Crippen LogP contribution in [0.2, 0.25) is 0 Å². The molecule has 2 atom stereocenters. The number of amides is 2. The molecule has 0 aliphatic heterocycles. The van der Waals surface area contributed by atoms with Crippen molar-refractivity contribution in [2.24, 2.45) is 11.3 Å². The van der Waals surface area contributed by atoms with Gasteiger partial charge >= 0.3 is 12.1 Å². The van der Waals surface area contributed by atoms with E-state index in [1.54, 1.807) is 0 Å². The molecule has 0 saturated carbocycles. The molecular formula is C34H41N3O5. The van der Waals surface area contributed by atoms with E-state index in [0.29, 0.717) is 13.0 Å². The van der Waals surface area contributed by atoms with Gasteiger partial charge in [0.15, 0.2) is 0 Å². The summed E-state index contributed by atoms with van der Waals surface area (Å²) in [7, 11) is 1.87. The molecule has 0 fully saturated rings. The van der Waals surface area contributed by atoms with E-state index < -0.39 is 29.9 Å². The van der Waals surface area contributed by atoms with Gasteiger partial charge in [-0.15, -0.1) is 0 Å². The Kier molecular flexibility index (Phi) is 10.0. The Hall–Kier alpha value is -4.17. The SMILES string of the molecule is CN(Cc1ccccc1)CC(NC(=O)OCC1c2ccccc2-c2ccccc21)C(=O)NCC(CC(C)(C)C)C(=O)O. The molecule has 42 heavy (non-hydrogen) atoms. The summed E-state index contributed by atoms with van der Waals surface area (Å²) in [6.07, 6.45) is -0.296. The number of carbonyl (C=O) groups is 3. The van der Waals surface area contributed by atoms with Crippen LogP contribution in [0.1, 0.15) is 49.8 Å². The molecule has 0 aromatic heterocycles. The third kappa shape index (κ3) is 8.19. The number of nitrogens with zero attached hydrogens (tertiary/aromatic N) is 1. The Morgan fingerprint density at radius 2 is 1.48 bits per heavy atom. The molecule has 0 radical (unpaired) electrons. The van der Waals surface area contributed by atoms with Gasteiger partial charge in [-0.1, -0.05) is 99.6 Å². The summed E-state index contributed by atoms with van der Waals surface area (Å²) in [5, 5.41) is 15.2. The van der Waals surface area contributed by atoms with Crippen molar-refractivity contribution >= 4 is 18.0 Å². The smallest absolute Gasteiger partial charge is 0.407 e. The molecule has 0 saturated heterocycles. The summed E-state index contributed by atoms with van der Waals surface area (Å²) < 4.78 is 5.71. The van der Waals surface area contributed by atoms with Crippen LogP contribution < -0.4 is 10.6 Å². The third-order valence-corrected chi connectivity index (χ3v) is 7.47. The van der Waals surface area contributed by atoms with Gasteiger partial charge in [-0.2, -0.15) is 0 Å². The average molecular weight is 572 g/mol. The van der Waals surface area contributed by atoms with E-state index in [9.17, 15) is 19.5 Å². The highest BCUT2D eigenvalue weighted by Gasteiger charge is 2.31. The molecule has 3 aromatic rings. The zero-order valence-corrected chi connectivity index (χ0v) is 24.8. The Morgan fingerprint density at radius 1 is 0.905 bits per heavy atom. The lowest BCUT2D eigenvalue weighted by Crippen LogP contribution is -2.53. The van der Waals surface area contributed by atoms with Gasteiger partial charge in [0.25, 0.3) is 0 Å². The number of carboxylic acids is 1. The number of aliphatic carboxylic acids is 1. The molecule has 2 amide bonds. The number of rotatable bonds is 12. The van der Waals surface area contributed by atoms with Crippen molar-refractivity contribution in [3.8, 4) is 11.1 Å². The molecule has 4 rings (SSSR count). The molecule has 0 bridgehead atoms.